The van der Waals surface area contributed by atoms with Gasteiger partial charge in [-0.3, -0.25) is 0 Å². The molecule has 1 N–H and O–H groups in total. The molecular formula is C7H5IN2O3. The van der Waals surface area contributed by atoms with E-state index in [0.29, 0.717) is 0 Å². The zero-order valence-corrected chi connectivity index (χ0v) is 8.50. The van der Waals surface area contributed by atoms with Crippen LogP contribution in [-0.4, -0.2) is 11.3 Å². The Bertz CT molecular complexity index is 380. The number of rotatable bonds is 1. The molecule has 1 aromatic rings. The average molecular weight is 292 g/mol. The first-order valence-electron chi connectivity index (χ1n) is 3.40. The van der Waals surface area contributed by atoms with Crippen molar-refractivity contribution in [3.05, 3.63) is 27.8 Å². The van der Waals surface area contributed by atoms with Gasteiger partial charge in [0.05, 0.1) is 0 Å². The van der Waals surface area contributed by atoms with E-state index >= 15 is 0 Å². The number of carbonyl (C=O) groups is 1. The van der Waals surface area contributed by atoms with Crippen LogP contribution in [0.3, 0.4) is 0 Å². The van der Waals surface area contributed by atoms with E-state index in [2.05, 4.69) is 11.5 Å². The molecule has 5 nitrogen and oxygen atoms in total. The van der Waals surface area contributed by atoms with Crippen molar-refractivity contribution in [2.45, 2.75) is 0 Å². The van der Waals surface area contributed by atoms with Gasteiger partial charge in [-0.15, -0.1) is 0 Å². The van der Waals surface area contributed by atoms with Crippen molar-refractivity contribution in [1.29, 1.82) is 0 Å². The Morgan fingerprint density at radius 1 is 1.46 bits per heavy atom. The van der Waals surface area contributed by atoms with Gasteiger partial charge in [0.1, 0.15) is 0 Å². The van der Waals surface area contributed by atoms with Gasteiger partial charge in [0.25, 0.3) is 0 Å². The van der Waals surface area contributed by atoms with Crippen molar-refractivity contribution in [2.75, 3.05) is 0 Å². The van der Waals surface area contributed by atoms with Crippen molar-refractivity contribution in [2.24, 2.45) is 8.44 Å². The summed E-state index contributed by atoms with van der Waals surface area (Å²) in [6.07, 6.45) is -1.28. The third kappa shape index (κ3) is 1.62. The monoisotopic (exact) mass is 292 g/mol. The number of fused-ring (bicyclic) bond motifs is 1. The van der Waals surface area contributed by atoms with Crippen LogP contribution in [0.1, 0.15) is 0 Å². The van der Waals surface area contributed by atoms with Crippen LogP contribution in [0.25, 0.3) is 0 Å². The van der Waals surface area contributed by atoms with Gasteiger partial charge in [0.15, 0.2) is 0 Å². The SMILES string of the molecule is O=C(O)OI1N=Nc2ccccc21. The quantitative estimate of drug-likeness (QED) is 0.809. The molecule has 1 aliphatic rings. The molecule has 13 heavy (non-hydrogen) atoms. The van der Waals surface area contributed by atoms with Crippen LogP contribution in [0.2, 0.25) is 0 Å². The van der Waals surface area contributed by atoms with E-state index in [9.17, 15) is 4.79 Å². The molecule has 0 fully saturated rings. The van der Waals surface area contributed by atoms with Crippen LogP contribution in [0.4, 0.5) is 10.5 Å². The third-order valence-corrected chi connectivity index (χ3v) is 4.69. The fourth-order valence-corrected chi connectivity index (χ4v) is 3.52. The molecule has 1 aliphatic heterocycles. The Morgan fingerprint density at radius 3 is 3.00 bits per heavy atom. The van der Waals surface area contributed by atoms with Crippen molar-refractivity contribution < 1.29 is 13.0 Å². The molecule has 0 saturated heterocycles. The minimum absolute atomic E-state index is 0.731. The van der Waals surface area contributed by atoms with E-state index in [1.807, 2.05) is 18.2 Å². The molecule has 0 bridgehead atoms. The van der Waals surface area contributed by atoms with E-state index in [1.165, 1.54) is 0 Å². The molecule has 0 unspecified atom stereocenters. The topological polar surface area (TPSA) is 71.2 Å². The Hall–Kier alpha value is -1.18. The molecule has 0 amide bonds. The van der Waals surface area contributed by atoms with Crippen LogP contribution in [0.5, 0.6) is 0 Å². The van der Waals surface area contributed by atoms with E-state index in [4.69, 9.17) is 5.11 Å². The van der Waals surface area contributed by atoms with Gasteiger partial charge in [-0.1, -0.05) is 0 Å². The zero-order chi connectivity index (χ0) is 9.26. The number of hydrogen-bond donors (Lipinski definition) is 1. The Morgan fingerprint density at radius 2 is 2.23 bits per heavy atom. The molecule has 1 heterocycles. The molecule has 0 spiro atoms. The fraction of sp³-hybridized carbons (Fsp3) is 0. The van der Waals surface area contributed by atoms with Crippen molar-refractivity contribution >= 4 is 32.4 Å². The summed E-state index contributed by atoms with van der Waals surface area (Å²) < 4.78 is 9.31. The van der Waals surface area contributed by atoms with Crippen molar-refractivity contribution in [1.82, 2.24) is 0 Å². The first-order chi connectivity index (χ1) is 6.27. The standard InChI is InChI=1S/C7H5IN2O3/c11-7(12)13-8-5-3-1-2-4-6(5)9-10-8/h1-4H,(H,11,12). The Balaban J connectivity index is 2.28. The summed E-state index contributed by atoms with van der Waals surface area (Å²) in [5.41, 5.74) is 0.731. The van der Waals surface area contributed by atoms with Crippen molar-refractivity contribution in [3.8, 4) is 0 Å². The molecule has 0 saturated carbocycles. The molecule has 0 radical (unpaired) electrons. The normalized spacial score (nSPS) is 15.5. The van der Waals surface area contributed by atoms with Gasteiger partial charge in [-0.25, -0.2) is 0 Å². The van der Waals surface area contributed by atoms with Gasteiger partial charge >= 0.3 is 81.6 Å². The Kier molecular flexibility index (Phi) is 2.13. The van der Waals surface area contributed by atoms with Crippen LogP contribution in [0.15, 0.2) is 32.7 Å². The first kappa shape index (κ1) is 8.42. The van der Waals surface area contributed by atoms with E-state index < -0.39 is 26.7 Å². The number of hydrogen-bond acceptors (Lipinski definition) is 4. The maximum atomic E-state index is 10.3. The molecular weight excluding hydrogens is 287 g/mol. The zero-order valence-electron chi connectivity index (χ0n) is 6.35. The molecule has 68 valence electrons. The average Bonchev–Trinajstić information content (AvgIpc) is 2.48. The number of nitrogens with zero attached hydrogens (tertiary/aromatic N) is 2. The summed E-state index contributed by atoms with van der Waals surface area (Å²) >= 11 is -2.35. The second-order valence-electron chi connectivity index (χ2n) is 2.20. The predicted octanol–water partition coefficient (Wildman–Crippen LogP) is 2.98. The molecule has 1 aromatic carbocycles. The van der Waals surface area contributed by atoms with Crippen LogP contribution >= 0.6 is 20.5 Å². The number of carboxylic acid groups (broad SMARTS) is 1. The summed E-state index contributed by atoms with van der Waals surface area (Å²) in [4.78, 5) is 10.3. The van der Waals surface area contributed by atoms with Crippen LogP contribution < -0.4 is 0 Å². The number of halogens is 1. The fourth-order valence-electron chi connectivity index (χ4n) is 0.905. The van der Waals surface area contributed by atoms with Gasteiger partial charge in [0, 0.05) is 0 Å². The van der Waals surface area contributed by atoms with Gasteiger partial charge < -0.3 is 0 Å². The number of benzene rings is 1. The van der Waals surface area contributed by atoms with Crippen LogP contribution in [0, 0.1) is 3.57 Å². The summed E-state index contributed by atoms with van der Waals surface area (Å²) in [6.45, 7) is 0. The van der Waals surface area contributed by atoms with Gasteiger partial charge in [-0.2, -0.15) is 0 Å². The van der Waals surface area contributed by atoms with Crippen molar-refractivity contribution in [3.63, 3.8) is 0 Å². The predicted molar refractivity (Wildman–Crippen MR) is 52.8 cm³/mol. The summed E-state index contributed by atoms with van der Waals surface area (Å²) in [5.74, 6) is 0. The molecule has 2 rings (SSSR count). The van der Waals surface area contributed by atoms with E-state index in [1.54, 1.807) is 6.07 Å². The second-order valence-corrected chi connectivity index (χ2v) is 5.55. The molecule has 6 heteroatoms. The van der Waals surface area contributed by atoms with Gasteiger partial charge in [-0.05, 0) is 0 Å². The summed E-state index contributed by atoms with van der Waals surface area (Å²) in [7, 11) is 0. The van der Waals surface area contributed by atoms with Crippen LogP contribution in [-0.2, 0) is 3.07 Å². The van der Waals surface area contributed by atoms with E-state index in [0.717, 1.165) is 9.26 Å². The third-order valence-electron chi connectivity index (χ3n) is 1.38. The molecule has 0 aromatic heterocycles. The second kappa shape index (κ2) is 3.29. The minimum atomic E-state index is -2.35. The molecule has 0 aliphatic carbocycles. The maximum absolute atomic E-state index is 10.3. The molecule has 0 atom stereocenters. The van der Waals surface area contributed by atoms with Gasteiger partial charge in [0.2, 0.25) is 0 Å². The summed E-state index contributed by atoms with van der Waals surface area (Å²) in [6, 6.07) is 7.26. The summed E-state index contributed by atoms with van der Waals surface area (Å²) in [5, 5.41) is 12.3. The first-order valence-corrected chi connectivity index (χ1v) is 6.32. The Labute approximate surface area is 81.7 Å². The van der Waals surface area contributed by atoms with E-state index in [-0.39, 0.29) is 0 Å².